The number of carbonyl (C=O) groups excluding carboxylic acids is 1. The summed E-state index contributed by atoms with van der Waals surface area (Å²) in [4.78, 5) is 17.7. The molecule has 2 heterocycles. The van der Waals surface area contributed by atoms with Crippen LogP contribution in [0.25, 0.3) is 0 Å². The summed E-state index contributed by atoms with van der Waals surface area (Å²) in [7, 11) is 0. The van der Waals surface area contributed by atoms with Crippen LogP contribution in [0.5, 0.6) is 0 Å². The second-order valence-electron chi connectivity index (χ2n) is 4.96. The van der Waals surface area contributed by atoms with Crippen LogP contribution in [0.1, 0.15) is 12.8 Å². The molecule has 2 N–H and O–H groups in total. The van der Waals surface area contributed by atoms with E-state index in [2.05, 4.69) is 21.7 Å². The smallest absolute Gasteiger partial charge is 0.237 e. The summed E-state index contributed by atoms with van der Waals surface area (Å²) in [5, 5.41) is 16.0. The van der Waals surface area contributed by atoms with Gasteiger partial charge in [-0.1, -0.05) is 23.2 Å². The van der Waals surface area contributed by atoms with Gasteiger partial charge in [0.1, 0.15) is 11.9 Å². The maximum absolute atomic E-state index is 12.0. The largest absolute Gasteiger partial charge is 0.368 e. The van der Waals surface area contributed by atoms with Gasteiger partial charge in [-0.3, -0.25) is 4.79 Å². The second kappa shape index (κ2) is 8.18. The number of hydrogen-bond donors (Lipinski definition) is 2. The topological polar surface area (TPSA) is 81.0 Å². The summed E-state index contributed by atoms with van der Waals surface area (Å²) in [6.45, 7) is 2.05. The predicted molar refractivity (Wildman–Crippen MR) is 86.0 cm³/mol. The van der Waals surface area contributed by atoms with Crippen molar-refractivity contribution in [3.05, 3.63) is 22.3 Å². The zero-order valence-corrected chi connectivity index (χ0v) is 13.5. The highest BCUT2D eigenvalue weighted by Crippen LogP contribution is 2.22. The Morgan fingerprint density at radius 1 is 1.50 bits per heavy atom. The quantitative estimate of drug-likeness (QED) is 0.772. The van der Waals surface area contributed by atoms with E-state index in [1.165, 1.54) is 6.20 Å². The van der Waals surface area contributed by atoms with Crippen LogP contribution >= 0.6 is 23.2 Å². The van der Waals surface area contributed by atoms with Crippen molar-refractivity contribution in [2.75, 3.05) is 31.5 Å². The molecule has 1 atom stereocenters. The normalized spacial score (nSPS) is 17.3. The SMILES string of the molecule is N#C[C@@H]1CCCN1C(=O)CNCCNc1ncc(Cl)cc1Cl. The number of likely N-dealkylation sites (tertiary alicyclic amines) is 1. The first-order valence-corrected chi connectivity index (χ1v) is 7.82. The molecule has 1 amide bonds. The Hall–Kier alpha value is -1.55. The monoisotopic (exact) mass is 341 g/mol. The number of anilines is 1. The molecular formula is C14H17Cl2N5O. The number of nitrogens with one attached hydrogen (secondary N) is 2. The van der Waals surface area contributed by atoms with Crippen molar-refractivity contribution >= 4 is 34.9 Å². The third kappa shape index (κ3) is 4.47. The van der Waals surface area contributed by atoms with Gasteiger partial charge in [0.25, 0.3) is 0 Å². The molecule has 1 aliphatic rings. The molecule has 0 spiro atoms. The summed E-state index contributed by atoms with van der Waals surface area (Å²) >= 11 is 11.8. The standard InChI is InChI=1S/C14H17Cl2N5O/c15-10-6-12(16)14(20-8-10)19-4-3-18-9-13(22)21-5-1-2-11(21)7-17/h6,8,11,18H,1-5,9H2,(H,19,20)/t11-/m0/s1. The van der Waals surface area contributed by atoms with Gasteiger partial charge in [-0.25, -0.2) is 4.98 Å². The molecule has 2 rings (SSSR count). The number of pyridine rings is 1. The average Bonchev–Trinajstić information content (AvgIpc) is 2.97. The van der Waals surface area contributed by atoms with Crippen LogP contribution in [0.4, 0.5) is 5.82 Å². The zero-order chi connectivity index (χ0) is 15.9. The number of aromatic nitrogens is 1. The van der Waals surface area contributed by atoms with Crippen LogP contribution in [-0.4, -0.2) is 48.0 Å². The van der Waals surface area contributed by atoms with Crippen molar-refractivity contribution in [1.82, 2.24) is 15.2 Å². The molecule has 0 radical (unpaired) electrons. The van der Waals surface area contributed by atoms with E-state index in [0.29, 0.717) is 35.5 Å². The van der Waals surface area contributed by atoms with Crippen LogP contribution in [0, 0.1) is 11.3 Å². The summed E-state index contributed by atoms with van der Waals surface area (Å²) in [6, 6.07) is 3.50. The van der Waals surface area contributed by atoms with Crippen molar-refractivity contribution < 1.29 is 4.79 Å². The van der Waals surface area contributed by atoms with Gasteiger partial charge in [0.2, 0.25) is 5.91 Å². The third-order valence-electron chi connectivity index (χ3n) is 3.40. The fourth-order valence-electron chi connectivity index (χ4n) is 2.31. The van der Waals surface area contributed by atoms with Gasteiger partial charge in [0, 0.05) is 25.8 Å². The lowest BCUT2D eigenvalue weighted by atomic mass is 10.2. The number of hydrogen-bond acceptors (Lipinski definition) is 5. The molecule has 0 saturated carbocycles. The Kier molecular flexibility index (Phi) is 6.25. The fourth-order valence-corrected chi connectivity index (χ4v) is 2.76. The Balaban J connectivity index is 1.67. The van der Waals surface area contributed by atoms with Gasteiger partial charge >= 0.3 is 0 Å². The van der Waals surface area contributed by atoms with E-state index < -0.39 is 0 Å². The van der Waals surface area contributed by atoms with Gasteiger partial charge in [0.05, 0.1) is 22.7 Å². The lowest BCUT2D eigenvalue weighted by Gasteiger charge is -2.19. The van der Waals surface area contributed by atoms with E-state index in [1.807, 2.05) is 0 Å². The summed E-state index contributed by atoms with van der Waals surface area (Å²) in [6.07, 6.45) is 3.18. The molecule has 1 aromatic rings. The minimum Gasteiger partial charge on any atom is -0.368 e. The van der Waals surface area contributed by atoms with Crippen molar-refractivity contribution in [2.24, 2.45) is 0 Å². The van der Waals surface area contributed by atoms with Gasteiger partial charge in [-0.2, -0.15) is 5.26 Å². The number of halogens is 2. The molecule has 1 saturated heterocycles. The lowest BCUT2D eigenvalue weighted by Crippen LogP contribution is -2.41. The molecule has 8 heteroatoms. The minimum absolute atomic E-state index is 0.0355. The summed E-state index contributed by atoms with van der Waals surface area (Å²) < 4.78 is 0. The van der Waals surface area contributed by atoms with Crippen LogP contribution in [0.15, 0.2) is 12.3 Å². The molecule has 6 nitrogen and oxygen atoms in total. The Labute approximate surface area is 139 Å². The van der Waals surface area contributed by atoms with Crippen molar-refractivity contribution in [1.29, 1.82) is 5.26 Å². The Morgan fingerprint density at radius 3 is 3.05 bits per heavy atom. The first-order chi connectivity index (χ1) is 10.6. The number of carbonyl (C=O) groups is 1. The number of rotatable bonds is 6. The molecule has 0 aromatic carbocycles. The van der Waals surface area contributed by atoms with Gasteiger partial charge in [0.15, 0.2) is 0 Å². The number of nitriles is 1. The fraction of sp³-hybridized carbons (Fsp3) is 0.500. The summed E-state index contributed by atoms with van der Waals surface area (Å²) in [5.74, 6) is 0.523. The van der Waals surface area contributed by atoms with Crippen molar-refractivity contribution in [2.45, 2.75) is 18.9 Å². The molecule has 0 bridgehead atoms. The van der Waals surface area contributed by atoms with E-state index >= 15 is 0 Å². The molecule has 22 heavy (non-hydrogen) atoms. The minimum atomic E-state index is -0.274. The highest BCUT2D eigenvalue weighted by Gasteiger charge is 2.27. The third-order valence-corrected chi connectivity index (χ3v) is 3.90. The molecule has 118 valence electrons. The first kappa shape index (κ1) is 16.8. The van der Waals surface area contributed by atoms with E-state index in [1.54, 1.807) is 11.0 Å². The predicted octanol–water partition coefficient (Wildman–Crippen LogP) is 1.90. The van der Waals surface area contributed by atoms with Crippen LogP contribution in [0.3, 0.4) is 0 Å². The van der Waals surface area contributed by atoms with Crippen molar-refractivity contribution in [3.63, 3.8) is 0 Å². The molecule has 1 fully saturated rings. The molecular weight excluding hydrogens is 325 g/mol. The average molecular weight is 342 g/mol. The molecule has 1 aliphatic heterocycles. The first-order valence-electron chi connectivity index (χ1n) is 7.06. The van der Waals surface area contributed by atoms with Gasteiger partial charge in [-0.05, 0) is 18.9 Å². The Bertz CT molecular complexity index is 575. The second-order valence-corrected chi connectivity index (χ2v) is 5.81. The lowest BCUT2D eigenvalue weighted by molar-refractivity contribution is -0.130. The van der Waals surface area contributed by atoms with Crippen LogP contribution in [0.2, 0.25) is 10.0 Å². The maximum atomic E-state index is 12.0. The van der Waals surface area contributed by atoms with Gasteiger partial charge < -0.3 is 15.5 Å². The maximum Gasteiger partial charge on any atom is 0.237 e. The van der Waals surface area contributed by atoms with E-state index in [9.17, 15) is 4.79 Å². The zero-order valence-electron chi connectivity index (χ0n) is 12.0. The van der Waals surface area contributed by atoms with Gasteiger partial charge in [-0.15, -0.1) is 0 Å². The number of nitrogens with zero attached hydrogens (tertiary/aromatic N) is 3. The number of amides is 1. The highest BCUT2D eigenvalue weighted by atomic mass is 35.5. The molecule has 0 unspecified atom stereocenters. The van der Waals surface area contributed by atoms with Crippen LogP contribution in [-0.2, 0) is 4.79 Å². The highest BCUT2D eigenvalue weighted by molar-refractivity contribution is 6.35. The van der Waals surface area contributed by atoms with E-state index in [4.69, 9.17) is 28.5 Å². The molecule has 1 aromatic heterocycles. The Morgan fingerprint density at radius 2 is 2.32 bits per heavy atom. The van der Waals surface area contributed by atoms with E-state index in [0.717, 1.165) is 12.8 Å². The van der Waals surface area contributed by atoms with Crippen molar-refractivity contribution in [3.8, 4) is 6.07 Å². The van der Waals surface area contributed by atoms with Crippen LogP contribution < -0.4 is 10.6 Å². The summed E-state index contributed by atoms with van der Waals surface area (Å²) in [5.41, 5.74) is 0. The van der Waals surface area contributed by atoms with E-state index in [-0.39, 0.29) is 18.5 Å². The molecule has 0 aliphatic carbocycles.